The molecule has 2 unspecified atom stereocenters. The van der Waals surface area contributed by atoms with Gasteiger partial charge in [0, 0.05) is 25.5 Å². The van der Waals surface area contributed by atoms with E-state index in [2.05, 4.69) is 22.2 Å². The van der Waals surface area contributed by atoms with Crippen LogP contribution in [0.2, 0.25) is 0 Å². The van der Waals surface area contributed by atoms with Crippen LogP contribution >= 0.6 is 11.8 Å². The molecule has 1 aliphatic rings. The molecule has 1 N–H and O–H groups in total. The van der Waals surface area contributed by atoms with Crippen molar-refractivity contribution in [3.63, 3.8) is 0 Å². The van der Waals surface area contributed by atoms with Crippen molar-refractivity contribution in [2.45, 2.75) is 49.5 Å². The maximum absolute atomic E-state index is 5.13. The molecule has 0 saturated heterocycles. The standard InChI is InChI=1S/C14H23N3OS/c1-10-5-4-6-11(7-10)19-14-8-12(15-2)16-13(17-14)9-18-3/h8,10-11H,4-7,9H2,1-3H3,(H,15,16,17). The molecule has 0 aliphatic heterocycles. The van der Waals surface area contributed by atoms with E-state index >= 15 is 0 Å². The third kappa shape index (κ3) is 4.35. The summed E-state index contributed by atoms with van der Waals surface area (Å²) in [6, 6.07) is 2.03. The Morgan fingerprint density at radius 1 is 1.42 bits per heavy atom. The molecule has 1 aliphatic carbocycles. The largest absolute Gasteiger partial charge is 0.377 e. The van der Waals surface area contributed by atoms with Gasteiger partial charge in [-0.1, -0.05) is 19.8 Å². The monoisotopic (exact) mass is 281 g/mol. The summed E-state index contributed by atoms with van der Waals surface area (Å²) >= 11 is 1.89. The maximum atomic E-state index is 5.13. The first-order valence-corrected chi connectivity index (χ1v) is 7.80. The van der Waals surface area contributed by atoms with Gasteiger partial charge in [0.2, 0.25) is 0 Å². The normalized spacial score (nSPS) is 23.3. The quantitative estimate of drug-likeness (QED) is 0.839. The van der Waals surface area contributed by atoms with E-state index < -0.39 is 0 Å². The molecule has 1 heterocycles. The van der Waals surface area contributed by atoms with Gasteiger partial charge in [0.15, 0.2) is 5.82 Å². The van der Waals surface area contributed by atoms with Crippen molar-refractivity contribution in [1.82, 2.24) is 9.97 Å². The lowest BCUT2D eigenvalue weighted by atomic mass is 9.91. The number of methoxy groups -OCH3 is 1. The molecule has 1 saturated carbocycles. The summed E-state index contributed by atoms with van der Waals surface area (Å²) < 4.78 is 5.13. The summed E-state index contributed by atoms with van der Waals surface area (Å²) in [5.74, 6) is 2.46. The summed E-state index contributed by atoms with van der Waals surface area (Å²) in [6.45, 7) is 2.81. The molecule has 0 spiro atoms. The zero-order valence-corrected chi connectivity index (χ0v) is 12.8. The number of nitrogens with zero attached hydrogens (tertiary/aromatic N) is 2. The van der Waals surface area contributed by atoms with Crippen LogP contribution in [-0.2, 0) is 11.3 Å². The van der Waals surface area contributed by atoms with Gasteiger partial charge in [0.25, 0.3) is 0 Å². The van der Waals surface area contributed by atoms with Crippen LogP contribution in [0.25, 0.3) is 0 Å². The number of hydrogen-bond donors (Lipinski definition) is 1. The molecule has 2 rings (SSSR count). The molecule has 1 aromatic rings. The van der Waals surface area contributed by atoms with E-state index in [0.717, 1.165) is 22.6 Å². The van der Waals surface area contributed by atoms with Crippen molar-refractivity contribution in [1.29, 1.82) is 0 Å². The number of thioether (sulfide) groups is 1. The van der Waals surface area contributed by atoms with Gasteiger partial charge in [-0.3, -0.25) is 0 Å². The number of rotatable bonds is 5. The number of nitrogens with one attached hydrogen (secondary N) is 1. The van der Waals surface area contributed by atoms with Gasteiger partial charge < -0.3 is 10.1 Å². The molecule has 106 valence electrons. The molecular weight excluding hydrogens is 258 g/mol. The van der Waals surface area contributed by atoms with E-state index in [1.807, 2.05) is 24.9 Å². The number of anilines is 1. The highest BCUT2D eigenvalue weighted by Crippen LogP contribution is 2.35. The average Bonchev–Trinajstić information content (AvgIpc) is 2.39. The van der Waals surface area contributed by atoms with Gasteiger partial charge in [-0.25, -0.2) is 9.97 Å². The summed E-state index contributed by atoms with van der Waals surface area (Å²) in [5, 5.41) is 4.85. The minimum absolute atomic E-state index is 0.462. The van der Waals surface area contributed by atoms with Crippen molar-refractivity contribution in [3.05, 3.63) is 11.9 Å². The predicted molar refractivity (Wildman–Crippen MR) is 79.6 cm³/mol. The second-order valence-electron chi connectivity index (χ2n) is 5.20. The van der Waals surface area contributed by atoms with E-state index in [9.17, 15) is 0 Å². The lowest BCUT2D eigenvalue weighted by Crippen LogP contribution is -2.15. The zero-order chi connectivity index (χ0) is 13.7. The number of ether oxygens (including phenoxy) is 1. The highest BCUT2D eigenvalue weighted by molar-refractivity contribution is 7.99. The van der Waals surface area contributed by atoms with E-state index in [4.69, 9.17) is 4.74 Å². The Hall–Kier alpha value is -0.810. The number of aromatic nitrogens is 2. The Morgan fingerprint density at radius 3 is 2.95 bits per heavy atom. The van der Waals surface area contributed by atoms with Crippen LogP contribution < -0.4 is 5.32 Å². The molecule has 19 heavy (non-hydrogen) atoms. The fourth-order valence-corrected chi connectivity index (χ4v) is 3.90. The minimum Gasteiger partial charge on any atom is -0.377 e. The first kappa shape index (κ1) is 14.6. The van der Waals surface area contributed by atoms with E-state index in [0.29, 0.717) is 11.9 Å². The van der Waals surface area contributed by atoms with E-state index in [-0.39, 0.29) is 0 Å². The number of hydrogen-bond acceptors (Lipinski definition) is 5. The zero-order valence-electron chi connectivity index (χ0n) is 12.0. The van der Waals surface area contributed by atoms with Gasteiger partial charge in [0.1, 0.15) is 17.5 Å². The molecule has 4 nitrogen and oxygen atoms in total. The Balaban J connectivity index is 2.07. The summed E-state index contributed by atoms with van der Waals surface area (Å²) in [6.07, 6.45) is 5.31. The lowest BCUT2D eigenvalue weighted by molar-refractivity contribution is 0.177. The van der Waals surface area contributed by atoms with Gasteiger partial charge in [-0.15, -0.1) is 11.8 Å². The highest BCUT2D eigenvalue weighted by Gasteiger charge is 2.20. The van der Waals surface area contributed by atoms with Gasteiger partial charge in [-0.05, 0) is 18.8 Å². The van der Waals surface area contributed by atoms with Crippen LogP contribution in [0.4, 0.5) is 5.82 Å². The van der Waals surface area contributed by atoms with Gasteiger partial charge in [-0.2, -0.15) is 0 Å². The summed E-state index contributed by atoms with van der Waals surface area (Å²) in [7, 11) is 3.56. The third-order valence-corrected chi connectivity index (χ3v) is 4.67. The minimum atomic E-state index is 0.462. The summed E-state index contributed by atoms with van der Waals surface area (Å²) in [4.78, 5) is 8.97. The van der Waals surface area contributed by atoms with Gasteiger partial charge in [0.05, 0.1) is 0 Å². The Labute approximate surface area is 119 Å². The SMILES string of the molecule is CNc1cc(SC2CCCC(C)C2)nc(COC)n1. The molecule has 0 radical (unpaired) electrons. The van der Waals surface area contributed by atoms with Crippen LogP contribution in [0.15, 0.2) is 11.1 Å². The predicted octanol–water partition coefficient (Wildman–Crippen LogP) is 3.34. The second kappa shape index (κ2) is 7.10. The fourth-order valence-electron chi connectivity index (χ4n) is 2.51. The third-order valence-electron chi connectivity index (χ3n) is 3.45. The molecule has 0 bridgehead atoms. The van der Waals surface area contributed by atoms with Crippen LogP contribution in [-0.4, -0.2) is 29.4 Å². The van der Waals surface area contributed by atoms with E-state index in [1.165, 1.54) is 25.7 Å². The van der Waals surface area contributed by atoms with Crippen molar-refractivity contribution >= 4 is 17.6 Å². The topological polar surface area (TPSA) is 47.0 Å². The van der Waals surface area contributed by atoms with Crippen LogP contribution in [0.5, 0.6) is 0 Å². The Morgan fingerprint density at radius 2 is 2.26 bits per heavy atom. The first-order valence-electron chi connectivity index (χ1n) is 6.92. The molecular formula is C14H23N3OS. The van der Waals surface area contributed by atoms with Gasteiger partial charge >= 0.3 is 0 Å². The first-order chi connectivity index (χ1) is 9.21. The van der Waals surface area contributed by atoms with E-state index in [1.54, 1.807) is 7.11 Å². The Kier molecular flexibility index (Phi) is 5.45. The lowest BCUT2D eigenvalue weighted by Gasteiger charge is -2.25. The molecule has 1 aromatic heterocycles. The highest BCUT2D eigenvalue weighted by atomic mass is 32.2. The smallest absolute Gasteiger partial charge is 0.157 e. The van der Waals surface area contributed by atoms with Crippen molar-refractivity contribution in [2.24, 2.45) is 5.92 Å². The molecule has 0 aromatic carbocycles. The van der Waals surface area contributed by atoms with Crippen LogP contribution in [0.3, 0.4) is 0 Å². The van der Waals surface area contributed by atoms with Crippen LogP contribution in [0, 0.1) is 5.92 Å². The van der Waals surface area contributed by atoms with Crippen molar-refractivity contribution in [2.75, 3.05) is 19.5 Å². The average molecular weight is 281 g/mol. The molecule has 0 amide bonds. The fraction of sp³-hybridized carbons (Fsp3) is 0.714. The molecule has 1 fully saturated rings. The van der Waals surface area contributed by atoms with Crippen LogP contribution in [0.1, 0.15) is 38.4 Å². The molecule has 5 heteroatoms. The molecule has 2 atom stereocenters. The second-order valence-corrected chi connectivity index (χ2v) is 6.52. The van der Waals surface area contributed by atoms with Crippen molar-refractivity contribution in [3.8, 4) is 0 Å². The van der Waals surface area contributed by atoms with Crippen molar-refractivity contribution < 1.29 is 4.74 Å². The Bertz CT molecular complexity index is 414. The summed E-state index contributed by atoms with van der Waals surface area (Å²) in [5.41, 5.74) is 0. The maximum Gasteiger partial charge on any atom is 0.157 e.